The van der Waals surface area contributed by atoms with Gasteiger partial charge in [-0.3, -0.25) is 0 Å². The van der Waals surface area contributed by atoms with E-state index < -0.39 is 0 Å². The van der Waals surface area contributed by atoms with E-state index in [4.69, 9.17) is 7.98 Å². The maximum atomic E-state index is 4.94. The van der Waals surface area contributed by atoms with Crippen LogP contribution in [0.1, 0.15) is 0 Å². The van der Waals surface area contributed by atoms with Crippen LogP contribution < -0.4 is 0 Å². The molecule has 10 heavy (non-hydrogen) atoms. The van der Waals surface area contributed by atoms with E-state index in [1.807, 2.05) is 18.9 Å². The van der Waals surface area contributed by atoms with Gasteiger partial charge in [0, 0.05) is 0 Å². The first-order valence-corrected chi connectivity index (χ1v) is 3.01. The molecule has 0 amide bonds. The number of hydrogen-bond donors (Lipinski definition) is 0. The topological polar surface area (TPSA) is 18.8 Å². The van der Waals surface area contributed by atoms with E-state index in [1.54, 1.807) is 28.3 Å². The van der Waals surface area contributed by atoms with E-state index in [9.17, 15) is 0 Å². The summed E-state index contributed by atoms with van der Waals surface area (Å²) in [5.74, 6) is 0. The monoisotopic (exact) mass is 139 g/mol. The van der Waals surface area contributed by atoms with E-state index in [1.165, 1.54) is 4.81 Å². The zero-order chi connectivity index (χ0) is 8.57. The minimum atomic E-state index is 1.50. The van der Waals surface area contributed by atoms with E-state index in [2.05, 4.69) is 4.90 Å². The Balaban J connectivity index is 0. The molecule has 3 nitrogen and oxygen atoms in total. The van der Waals surface area contributed by atoms with Gasteiger partial charge in [-0.2, -0.15) is 0 Å². The third kappa shape index (κ3) is 47.6. The van der Waals surface area contributed by atoms with Crippen LogP contribution in [-0.2, 0) is 0 Å². The van der Waals surface area contributed by atoms with Crippen LogP contribution in [-0.4, -0.2) is 60.0 Å². The summed E-state index contributed by atoms with van der Waals surface area (Å²) in [7, 11) is 15.9. The predicted octanol–water partition coefficient (Wildman–Crippen LogP) is -0.388. The van der Waals surface area contributed by atoms with Crippen molar-refractivity contribution in [1.82, 2.24) is 9.62 Å². The van der Waals surface area contributed by atoms with Crippen LogP contribution in [0.15, 0.2) is 4.90 Å². The standard InChI is InChI=1S/C3H9BN2.C2H6BN/c1-5-4-6(2)3;1-4(2)3/h1-3H3;1-2H3. The second-order valence-corrected chi connectivity index (χ2v) is 2.30. The van der Waals surface area contributed by atoms with Crippen LogP contribution >= 0.6 is 0 Å². The second kappa shape index (κ2) is 8.69. The van der Waals surface area contributed by atoms with E-state index >= 15 is 0 Å². The fraction of sp³-hybridized carbons (Fsp3) is 1.00. The van der Waals surface area contributed by atoms with Gasteiger partial charge in [0.1, 0.15) is 0 Å². The molecule has 0 aromatic rings. The average Bonchev–Trinajstić information content (AvgIpc) is 1.62. The molecule has 0 unspecified atom stereocenters. The van der Waals surface area contributed by atoms with Gasteiger partial charge in [-0.15, -0.1) is 0 Å². The Bertz CT molecular complexity index is 80.2. The van der Waals surface area contributed by atoms with Gasteiger partial charge in [-0.25, -0.2) is 0 Å². The second-order valence-electron chi connectivity index (χ2n) is 2.30. The summed E-state index contributed by atoms with van der Waals surface area (Å²) in [6.45, 7) is 0. The third-order valence-corrected chi connectivity index (χ3v) is 0.346. The maximum absolute atomic E-state index is 4.94. The van der Waals surface area contributed by atoms with Crippen molar-refractivity contribution in [1.29, 1.82) is 0 Å². The van der Waals surface area contributed by atoms with Crippen LogP contribution in [0.3, 0.4) is 0 Å². The van der Waals surface area contributed by atoms with Crippen molar-refractivity contribution < 1.29 is 0 Å². The Hall–Kier alpha value is -0.310. The zero-order valence-electron chi connectivity index (χ0n) is 7.50. The molecule has 0 heterocycles. The van der Waals surface area contributed by atoms with Crippen molar-refractivity contribution in [2.75, 3.05) is 35.2 Å². The normalized spacial score (nSPS) is 8.60. The smallest absolute Gasteiger partial charge is 0.181 e. The van der Waals surface area contributed by atoms with Crippen LogP contribution in [0.5, 0.6) is 0 Å². The number of rotatable bonds is 1. The van der Waals surface area contributed by atoms with Gasteiger partial charge in [-0.1, -0.05) is 0 Å². The van der Waals surface area contributed by atoms with Gasteiger partial charge in [0.25, 0.3) is 0 Å². The first kappa shape index (κ1) is 12.4. The zero-order valence-corrected chi connectivity index (χ0v) is 7.50. The minimum absolute atomic E-state index is 1.50. The van der Waals surface area contributed by atoms with Crippen LogP contribution in [0.2, 0.25) is 0 Å². The Morgan fingerprint density at radius 1 is 1.20 bits per heavy atom. The fourth-order valence-corrected chi connectivity index (χ4v) is 0.231. The molecule has 0 fully saturated rings. The minimum Gasteiger partial charge on any atom is -0.359 e. The molecular formula is C5H15B2N3. The number of nitrogens with zero attached hydrogens (tertiary/aromatic N) is 3. The molecule has 0 bridgehead atoms. The molecule has 0 saturated carbocycles. The number of hydrogen-bond acceptors (Lipinski definition) is 2. The summed E-state index contributed by atoms with van der Waals surface area (Å²) in [5, 5.41) is 0. The van der Waals surface area contributed by atoms with Gasteiger partial charge in [0.2, 0.25) is 0 Å². The van der Waals surface area contributed by atoms with Gasteiger partial charge in [0.05, 0.1) is 0 Å². The molecule has 0 N–H and O–H groups in total. The fourth-order valence-electron chi connectivity index (χ4n) is 0.231. The summed E-state index contributed by atoms with van der Waals surface area (Å²) in [6, 6.07) is 0. The van der Waals surface area contributed by atoms with E-state index in [0.29, 0.717) is 0 Å². The molecule has 2 radical (unpaired) electrons. The Labute approximate surface area is 65.8 Å². The summed E-state index contributed by atoms with van der Waals surface area (Å²) < 4.78 is 0. The SMILES string of the molecule is CN=BN(C)C.[B]N(C)C. The molecule has 0 aliphatic carbocycles. The Kier molecular flexibility index (Phi) is 10.8. The van der Waals surface area contributed by atoms with Gasteiger partial charge in [0.15, 0.2) is 7.98 Å². The molecule has 0 aromatic heterocycles. The quantitative estimate of drug-likeness (QED) is 0.460. The molecular weight excluding hydrogens is 124 g/mol. The van der Waals surface area contributed by atoms with Crippen LogP contribution in [0.4, 0.5) is 0 Å². The summed E-state index contributed by atoms with van der Waals surface area (Å²) in [5.41, 5.74) is 0. The molecule has 5 heteroatoms. The molecule has 0 atom stereocenters. The van der Waals surface area contributed by atoms with Gasteiger partial charge in [-0.05, 0) is 14.1 Å². The predicted molar refractivity (Wildman–Crippen MR) is 47.2 cm³/mol. The molecule has 0 aromatic carbocycles. The molecule has 0 spiro atoms. The van der Waals surface area contributed by atoms with Crippen molar-refractivity contribution in [2.24, 2.45) is 4.90 Å². The average molecular weight is 139 g/mol. The first-order valence-electron chi connectivity index (χ1n) is 3.01. The van der Waals surface area contributed by atoms with Crippen LogP contribution in [0, 0.1) is 0 Å². The van der Waals surface area contributed by atoms with Crippen molar-refractivity contribution in [3.05, 3.63) is 0 Å². The molecule has 0 aliphatic rings. The third-order valence-electron chi connectivity index (χ3n) is 0.346. The maximum Gasteiger partial charge on any atom is 0.181 e. The molecule has 56 valence electrons. The molecule has 0 aliphatic heterocycles. The first-order chi connectivity index (χ1) is 4.50. The summed E-state index contributed by atoms with van der Waals surface area (Å²) in [4.78, 5) is 7.12. The summed E-state index contributed by atoms with van der Waals surface area (Å²) in [6.07, 6.45) is 0. The van der Waals surface area contributed by atoms with Gasteiger partial charge >= 0.3 is 38.1 Å². The van der Waals surface area contributed by atoms with Crippen molar-refractivity contribution in [2.45, 2.75) is 0 Å². The van der Waals surface area contributed by atoms with Crippen molar-refractivity contribution in [3.63, 3.8) is 0 Å². The van der Waals surface area contributed by atoms with Crippen LogP contribution in [0.25, 0.3) is 0 Å². The summed E-state index contributed by atoms with van der Waals surface area (Å²) >= 11 is 0. The van der Waals surface area contributed by atoms with Crippen molar-refractivity contribution >= 4 is 15.2 Å². The van der Waals surface area contributed by atoms with E-state index in [-0.39, 0.29) is 0 Å². The van der Waals surface area contributed by atoms with E-state index in [0.717, 1.165) is 0 Å². The van der Waals surface area contributed by atoms with Gasteiger partial charge < -0.3 is 4.81 Å². The largest absolute Gasteiger partial charge is 0.359 e. The van der Waals surface area contributed by atoms with Crippen molar-refractivity contribution in [3.8, 4) is 0 Å². The Morgan fingerprint density at radius 3 is 1.50 bits per heavy atom. The molecule has 0 rings (SSSR count). The molecule has 0 saturated heterocycles. The Morgan fingerprint density at radius 2 is 1.50 bits per heavy atom.